The molecule has 7 bridgehead atoms. The Morgan fingerprint density at radius 2 is 1.67 bits per heavy atom. The third kappa shape index (κ3) is 6.39. The minimum absolute atomic E-state index is 0.0358. The zero-order valence-corrected chi connectivity index (χ0v) is 34.3. The van der Waals surface area contributed by atoms with E-state index < -0.39 is 56.3 Å². The number of methoxy groups -OCH3 is 4. The van der Waals surface area contributed by atoms with Gasteiger partial charge in [0.2, 0.25) is 11.8 Å². The van der Waals surface area contributed by atoms with Crippen molar-refractivity contribution in [1.29, 1.82) is 0 Å². The summed E-state index contributed by atoms with van der Waals surface area (Å²) in [7, 11) is 2.01. The van der Waals surface area contributed by atoms with Crippen LogP contribution in [0.2, 0.25) is 0 Å². The van der Waals surface area contributed by atoms with Crippen LogP contribution in [0.5, 0.6) is 0 Å². The number of halogens is 1. The van der Waals surface area contributed by atoms with Crippen LogP contribution in [-0.2, 0) is 33.3 Å². The zero-order valence-electron chi connectivity index (χ0n) is 33.5. The maximum absolute atomic E-state index is 14.1. The van der Waals surface area contributed by atoms with Crippen LogP contribution < -0.4 is 18.9 Å². The van der Waals surface area contributed by atoms with E-state index in [0.717, 1.165) is 11.3 Å². The molecule has 1 spiro atoms. The minimum atomic E-state index is -4.69. The van der Waals surface area contributed by atoms with Crippen LogP contribution in [0.25, 0.3) is 0 Å². The summed E-state index contributed by atoms with van der Waals surface area (Å²) in [5.74, 6) is -2.47. The molecule has 18 heteroatoms. The minimum Gasteiger partial charge on any atom is -0.461 e. The van der Waals surface area contributed by atoms with Crippen LogP contribution in [0.1, 0.15) is 63.2 Å². The number of likely N-dealkylation sites (N-methyl/N-ethyl adjacent to an activating group) is 1. The van der Waals surface area contributed by atoms with E-state index in [1.54, 1.807) is 66.6 Å². The number of carbonyl (C=O) groups excluding carboxylic acids is 3. The lowest BCUT2D eigenvalue weighted by atomic mass is 9.42. The van der Waals surface area contributed by atoms with Gasteiger partial charge in [0.25, 0.3) is 0 Å². The van der Waals surface area contributed by atoms with Gasteiger partial charge in [-0.15, -0.1) is 0 Å². The van der Waals surface area contributed by atoms with Crippen LogP contribution >= 0.6 is 0 Å². The number of hydrogen-bond donors (Lipinski definition) is 4. The third-order valence-electron chi connectivity index (χ3n) is 14.5. The molecule has 1 aromatic carbocycles. The van der Waals surface area contributed by atoms with Gasteiger partial charge in [0.15, 0.2) is 0 Å². The van der Waals surface area contributed by atoms with Crippen LogP contribution in [0.15, 0.2) is 24.3 Å². The van der Waals surface area contributed by atoms with Gasteiger partial charge in [-0.3, -0.25) is 14.5 Å². The van der Waals surface area contributed by atoms with Gasteiger partial charge in [-0.25, -0.2) is 9.69 Å². The monoisotopic (exact) mass is 828 g/mol. The molecule has 2 aliphatic heterocycles. The van der Waals surface area contributed by atoms with E-state index in [9.17, 15) is 24.6 Å². The number of aliphatic hydroxyl groups excluding tert-OH is 1. The van der Waals surface area contributed by atoms with Crippen molar-refractivity contribution in [3.63, 3.8) is 0 Å². The molecule has 1 aromatic rings. The first kappa shape index (κ1) is 44.2. The molecular weight excluding hydrogens is 772 g/mol. The van der Waals surface area contributed by atoms with Crippen molar-refractivity contribution in [2.24, 2.45) is 40.4 Å². The second-order valence-electron chi connectivity index (χ2n) is 16.7. The summed E-state index contributed by atoms with van der Waals surface area (Å²) in [4.78, 5) is 43.3. The Hall–Kier alpha value is -2.36. The van der Waals surface area contributed by atoms with E-state index in [1.807, 2.05) is 0 Å². The molecule has 8 rings (SSSR count). The highest BCUT2D eigenvalue weighted by atomic mass is 35.7. The Morgan fingerprint density at radius 3 is 2.21 bits per heavy atom. The Labute approximate surface area is 334 Å². The van der Waals surface area contributed by atoms with Crippen LogP contribution in [-0.4, -0.2) is 139 Å². The maximum atomic E-state index is 14.1. The standard InChI is InChI=1S/C37H50N2O10.C2H6O.ClHO4/c1-7-38-17-34(18-49-32(42)20-10-8-9-11-23(20)39-26(40)14-19(2)31(39)41)13-12-25(46-4)36-22-15-21-24(45-3)16-35(43,27(22)28(21)47-5)37(44,33(36)38)30(48-6)29(34)36;1-2-3;2-1(3,4)5/h8-11,19,21-22,24-25,27-30,33,43-44H,7,12-18H2,1-6H3;3H,2H2,1H3;(H,2,3,4,5)/t19-,21-,22+,24-,25-,27+,28-,29+,30-,33-,34+,35+,36+,37+;;/m0../s1. The molecule has 0 aromatic heterocycles. The molecule has 0 unspecified atom stereocenters. The number of anilines is 1. The average Bonchev–Trinajstić information content (AvgIpc) is 3.69. The highest BCUT2D eigenvalue weighted by Crippen LogP contribution is 2.80. The van der Waals surface area contributed by atoms with E-state index in [1.165, 1.54) is 0 Å². The van der Waals surface area contributed by atoms with Crippen LogP contribution in [0, 0.1) is 50.7 Å². The van der Waals surface area contributed by atoms with E-state index in [4.69, 9.17) is 47.4 Å². The smallest absolute Gasteiger partial charge is 0.340 e. The lowest BCUT2D eigenvalue weighted by Crippen LogP contribution is -2.82. The lowest BCUT2D eigenvalue weighted by Gasteiger charge is -2.70. The number of piperidine rings is 1. The van der Waals surface area contributed by atoms with Crippen molar-refractivity contribution in [2.75, 3.05) is 59.6 Å². The van der Waals surface area contributed by atoms with Gasteiger partial charge in [-0.05, 0) is 50.8 Å². The summed E-state index contributed by atoms with van der Waals surface area (Å²) in [6.45, 7) is 6.88. The molecule has 2 amide bonds. The topological polar surface area (TPSA) is 254 Å². The van der Waals surface area contributed by atoms with Gasteiger partial charge < -0.3 is 39.0 Å². The summed E-state index contributed by atoms with van der Waals surface area (Å²) >= 11 is 0. The number of amides is 2. The summed E-state index contributed by atoms with van der Waals surface area (Å²) < 4.78 is 64.1. The molecular formula is C39H57ClN2O15. The Morgan fingerprint density at radius 1 is 1.02 bits per heavy atom. The second kappa shape index (κ2) is 15.9. The van der Waals surface area contributed by atoms with Gasteiger partial charge in [-0.2, -0.15) is 14.0 Å². The van der Waals surface area contributed by atoms with E-state index in [-0.39, 0.29) is 91.1 Å². The quantitative estimate of drug-likeness (QED) is 0.154. The number of benzene rings is 1. The zero-order chi connectivity index (χ0) is 42.0. The van der Waals surface area contributed by atoms with Crippen LogP contribution in [0.3, 0.4) is 0 Å². The first-order valence-electron chi connectivity index (χ1n) is 19.5. The first-order chi connectivity index (χ1) is 26.9. The Kier molecular flexibility index (Phi) is 12.3. The molecule has 320 valence electrons. The summed E-state index contributed by atoms with van der Waals surface area (Å²) in [5, 5.41) is 34.2. The van der Waals surface area contributed by atoms with Gasteiger partial charge in [0.1, 0.15) is 11.2 Å². The summed E-state index contributed by atoms with van der Waals surface area (Å²) in [6.07, 6.45) is 0.813. The number of esters is 1. The molecule has 57 heavy (non-hydrogen) atoms. The number of hydrogen-bond acceptors (Lipinski definition) is 16. The molecule has 14 atom stereocenters. The molecule has 4 N–H and O–H groups in total. The number of ether oxygens (including phenoxy) is 5. The number of rotatable bonds is 9. The predicted molar refractivity (Wildman–Crippen MR) is 189 cm³/mol. The fraction of sp³-hybridized carbons (Fsp3) is 0.769. The summed E-state index contributed by atoms with van der Waals surface area (Å²) in [5.41, 5.74) is -4.17. The van der Waals surface area contributed by atoms with Crippen molar-refractivity contribution < 1.29 is 82.3 Å². The number of carbonyl (C=O) groups is 3. The van der Waals surface area contributed by atoms with E-state index in [2.05, 4.69) is 11.8 Å². The molecule has 0 radical (unpaired) electrons. The summed E-state index contributed by atoms with van der Waals surface area (Å²) in [6, 6.07) is 6.12. The normalized spacial score (nSPS) is 42.6. The average molecular weight is 829 g/mol. The number of para-hydroxylation sites is 1. The third-order valence-corrected chi connectivity index (χ3v) is 14.5. The number of imide groups is 1. The number of fused-ring (bicyclic) bond motifs is 2. The van der Waals surface area contributed by atoms with Crippen molar-refractivity contribution >= 4 is 23.5 Å². The fourth-order valence-corrected chi connectivity index (χ4v) is 13.2. The first-order valence-corrected chi connectivity index (χ1v) is 20.8. The van der Waals surface area contributed by atoms with Gasteiger partial charge >= 0.3 is 5.97 Å². The van der Waals surface area contributed by atoms with Crippen molar-refractivity contribution in [2.45, 2.75) is 94.5 Å². The molecule has 2 saturated heterocycles. The Bertz CT molecular complexity index is 1680. The Balaban J connectivity index is 0.000000630. The maximum Gasteiger partial charge on any atom is 0.340 e. The van der Waals surface area contributed by atoms with Gasteiger partial charge in [0.05, 0.1) is 63.2 Å². The van der Waals surface area contributed by atoms with E-state index in [0.29, 0.717) is 25.9 Å². The van der Waals surface area contributed by atoms with Crippen molar-refractivity contribution in [3.05, 3.63) is 29.8 Å². The molecule has 5 aliphatic carbocycles. The predicted octanol–water partition coefficient (Wildman–Crippen LogP) is -2.09. The fourth-order valence-electron chi connectivity index (χ4n) is 13.2. The van der Waals surface area contributed by atoms with E-state index >= 15 is 0 Å². The van der Waals surface area contributed by atoms with Crippen LogP contribution in [0.4, 0.5) is 5.69 Å². The number of aliphatic hydroxyl groups is 3. The molecule has 2 heterocycles. The molecule has 17 nitrogen and oxygen atoms in total. The molecule has 7 fully saturated rings. The molecule has 5 saturated carbocycles. The number of likely N-dealkylation sites (tertiary alicyclic amines) is 1. The lowest BCUT2D eigenvalue weighted by molar-refractivity contribution is -1.92. The van der Waals surface area contributed by atoms with Crippen molar-refractivity contribution in [1.82, 2.24) is 4.90 Å². The molecule has 7 aliphatic rings. The second-order valence-corrected chi connectivity index (χ2v) is 17.5. The number of nitrogens with zero attached hydrogens (tertiary/aromatic N) is 2. The largest absolute Gasteiger partial charge is 0.461 e. The highest BCUT2D eigenvalue weighted by Gasteiger charge is 2.91. The highest BCUT2D eigenvalue weighted by molar-refractivity contribution is 6.22. The SMILES string of the molecule is CCN1C[C@@]2(COC(=O)c3ccccc3N3C(=O)C[C@H](C)C3=O)CC[C@H](OC)[C@]34[C@@H]5C[C@@H]6[C@H](OC)[C@@H]5[C@](O)(C[C@@H]6OC)[C@@](O)([C@@H](OC)[C@H]23)[C@@H]14.CCO.[O-][Cl+3]([O-])([O-])O. The van der Waals surface area contributed by atoms with Gasteiger partial charge in [-0.1, -0.05) is 26.0 Å². The van der Waals surface area contributed by atoms with Gasteiger partial charge in [0, 0.05) is 88.9 Å². The van der Waals surface area contributed by atoms with Crippen molar-refractivity contribution in [3.8, 4) is 0 Å².